The topological polar surface area (TPSA) is 85.1 Å². The Morgan fingerprint density at radius 2 is 2.05 bits per heavy atom. The number of thioether (sulfide) groups is 1. The fourth-order valence-electron chi connectivity index (χ4n) is 1.44. The second-order valence-corrected chi connectivity index (χ2v) is 6.11. The van der Waals surface area contributed by atoms with Crippen molar-refractivity contribution in [2.24, 2.45) is 5.73 Å². The molecule has 1 heterocycles. The fraction of sp³-hybridized carbons (Fsp3) is 0.154. The number of aryl methyl sites for hydroxylation is 1. The molecule has 0 aliphatic rings. The number of carbonyl (C=O) groups excluding carboxylic acids is 2. The van der Waals surface area contributed by atoms with E-state index in [0.717, 1.165) is 10.0 Å². The first-order valence-electron chi connectivity index (χ1n) is 5.79. The number of primary amides is 1. The van der Waals surface area contributed by atoms with Crippen molar-refractivity contribution in [2.75, 3.05) is 11.1 Å². The SMILES string of the molecule is Cc1csc(SCC(=O)Nc2ccc(C(N)=O)cc2)n1. The third-order valence-corrected chi connectivity index (χ3v) is 4.52. The van der Waals surface area contributed by atoms with Crippen molar-refractivity contribution in [1.29, 1.82) is 0 Å². The maximum Gasteiger partial charge on any atom is 0.248 e. The molecule has 0 atom stereocenters. The monoisotopic (exact) mass is 307 g/mol. The number of nitrogens with zero attached hydrogens (tertiary/aromatic N) is 1. The summed E-state index contributed by atoms with van der Waals surface area (Å²) in [4.78, 5) is 27.0. The van der Waals surface area contributed by atoms with Crippen molar-refractivity contribution >= 4 is 40.6 Å². The number of rotatable bonds is 5. The van der Waals surface area contributed by atoms with Gasteiger partial charge in [0.25, 0.3) is 0 Å². The highest BCUT2D eigenvalue weighted by atomic mass is 32.2. The number of anilines is 1. The van der Waals surface area contributed by atoms with Gasteiger partial charge >= 0.3 is 0 Å². The zero-order valence-corrected chi connectivity index (χ0v) is 12.4. The molecule has 5 nitrogen and oxygen atoms in total. The Kier molecular flexibility index (Phi) is 4.75. The van der Waals surface area contributed by atoms with Crippen molar-refractivity contribution in [1.82, 2.24) is 4.98 Å². The lowest BCUT2D eigenvalue weighted by Gasteiger charge is -2.04. The zero-order valence-electron chi connectivity index (χ0n) is 10.8. The summed E-state index contributed by atoms with van der Waals surface area (Å²) in [5.41, 5.74) is 7.15. The van der Waals surface area contributed by atoms with E-state index in [0.29, 0.717) is 17.0 Å². The molecule has 0 aliphatic carbocycles. The Balaban J connectivity index is 1.86. The molecule has 3 N–H and O–H groups in total. The lowest BCUT2D eigenvalue weighted by atomic mass is 10.2. The number of hydrogen-bond acceptors (Lipinski definition) is 5. The molecule has 0 fully saturated rings. The van der Waals surface area contributed by atoms with Gasteiger partial charge < -0.3 is 11.1 Å². The number of benzene rings is 1. The van der Waals surface area contributed by atoms with E-state index in [1.165, 1.54) is 23.1 Å². The van der Waals surface area contributed by atoms with Crippen LogP contribution in [0.15, 0.2) is 34.0 Å². The molecule has 0 aliphatic heterocycles. The predicted molar refractivity (Wildman–Crippen MR) is 81.2 cm³/mol. The fourth-order valence-corrected chi connectivity index (χ4v) is 3.09. The highest BCUT2D eigenvalue weighted by Crippen LogP contribution is 2.22. The number of amides is 2. The summed E-state index contributed by atoms with van der Waals surface area (Å²) in [6.45, 7) is 1.92. The van der Waals surface area contributed by atoms with E-state index in [1.54, 1.807) is 24.3 Å². The van der Waals surface area contributed by atoms with Crippen molar-refractivity contribution in [2.45, 2.75) is 11.3 Å². The van der Waals surface area contributed by atoms with Crippen molar-refractivity contribution < 1.29 is 9.59 Å². The molecule has 2 rings (SSSR count). The summed E-state index contributed by atoms with van der Waals surface area (Å²) >= 11 is 2.92. The molecule has 0 saturated heterocycles. The maximum atomic E-state index is 11.8. The highest BCUT2D eigenvalue weighted by molar-refractivity contribution is 8.01. The van der Waals surface area contributed by atoms with Crippen LogP contribution in [0.3, 0.4) is 0 Å². The van der Waals surface area contributed by atoms with Gasteiger partial charge in [-0.3, -0.25) is 9.59 Å². The normalized spacial score (nSPS) is 10.2. The first-order valence-corrected chi connectivity index (χ1v) is 7.66. The molecule has 0 radical (unpaired) electrons. The van der Waals surface area contributed by atoms with Crippen LogP contribution in [0.2, 0.25) is 0 Å². The summed E-state index contributed by atoms with van der Waals surface area (Å²) in [5, 5.41) is 4.70. The quantitative estimate of drug-likeness (QED) is 0.830. The Hall–Kier alpha value is -1.86. The number of thiazole rings is 1. The molecule has 20 heavy (non-hydrogen) atoms. The van der Waals surface area contributed by atoms with Gasteiger partial charge in [0.2, 0.25) is 11.8 Å². The van der Waals surface area contributed by atoms with Crippen LogP contribution >= 0.6 is 23.1 Å². The van der Waals surface area contributed by atoms with Crippen molar-refractivity contribution in [3.63, 3.8) is 0 Å². The number of nitrogens with two attached hydrogens (primary N) is 1. The van der Waals surface area contributed by atoms with Crippen LogP contribution in [0, 0.1) is 6.92 Å². The summed E-state index contributed by atoms with van der Waals surface area (Å²) in [6, 6.07) is 6.46. The van der Waals surface area contributed by atoms with Gasteiger partial charge in [-0.15, -0.1) is 11.3 Å². The largest absolute Gasteiger partial charge is 0.366 e. The van der Waals surface area contributed by atoms with E-state index in [4.69, 9.17) is 5.73 Å². The van der Waals surface area contributed by atoms with E-state index >= 15 is 0 Å². The molecule has 2 amide bonds. The molecular formula is C13H13N3O2S2. The molecule has 7 heteroatoms. The lowest BCUT2D eigenvalue weighted by Crippen LogP contribution is -2.14. The maximum absolute atomic E-state index is 11.8. The Morgan fingerprint density at radius 1 is 1.35 bits per heavy atom. The van der Waals surface area contributed by atoms with Crippen LogP contribution in [0.1, 0.15) is 16.1 Å². The van der Waals surface area contributed by atoms with Crippen molar-refractivity contribution in [3.05, 3.63) is 40.9 Å². The van der Waals surface area contributed by atoms with Gasteiger partial charge in [-0.25, -0.2) is 4.98 Å². The Labute approximate surface area is 124 Å². The minimum absolute atomic E-state index is 0.116. The van der Waals surface area contributed by atoms with Crippen LogP contribution in [0.25, 0.3) is 0 Å². The average Bonchev–Trinajstić information content (AvgIpc) is 2.83. The van der Waals surface area contributed by atoms with Gasteiger partial charge in [-0.1, -0.05) is 11.8 Å². The van der Waals surface area contributed by atoms with Gasteiger partial charge in [0, 0.05) is 22.3 Å². The van der Waals surface area contributed by atoms with E-state index in [1.807, 2.05) is 12.3 Å². The van der Waals surface area contributed by atoms with Crippen LogP contribution in [0.4, 0.5) is 5.69 Å². The standard InChI is InChI=1S/C13H13N3O2S2/c1-8-6-19-13(15-8)20-7-11(17)16-10-4-2-9(3-5-10)12(14)18/h2-6H,7H2,1H3,(H2,14,18)(H,16,17). The van der Waals surface area contributed by atoms with E-state index in [-0.39, 0.29) is 5.91 Å². The number of nitrogens with one attached hydrogen (secondary N) is 1. The van der Waals surface area contributed by atoms with Crippen LogP contribution in [0.5, 0.6) is 0 Å². The molecule has 0 unspecified atom stereocenters. The Morgan fingerprint density at radius 3 is 2.60 bits per heavy atom. The summed E-state index contributed by atoms with van der Waals surface area (Å²) in [7, 11) is 0. The van der Waals surface area contributed by atoms with Crippen LogP contribution < -0.4 is 11.1 Å². The minimum Gasteiger partial charge on any atom is -0.366 e. The molecule has 104 valence electrons. The third kappa shape index (κ3) is 4.07. The molecule has 1 aromatic carbocycles. The third-order valence-electron chi connectivity index (χ3n) is 2.38. The number of carbonyl (C=O) groups is 2. The minimum atomic E-state index is -0.488. The highest BCUT2D eigenvalue weighted by Gasteiger charge is 2.06. The first-order chi connectivity index (χ1) is 9.54. The summed E-state index contributed by atoms with van der Waals surface area (Å²) in [5.74, 6) is -0.308. The second kappa shape index (κ2) is 6.53. The number of aromatic nitrogens is 1. The molecule has 1 aromatic heterocycles. The molecule has 0 bridgehead atoms. The van der Waals surface area contributed by atoms with Gasteiger partial charge in [0.05, 0.1) is 5.75 Å². The zero-order chi connectivity index (χ0) is 14.5. The number of hydrogen-bond donors (Lipinski definition) is 2. The van der Waals surface area contributed by atoms with Crippen LogP contribution in [-0.2, 0) is 4.79 Å². The predicted octanol–water partition coefficient (Wildman–Crippen LogP) is 2.28. The van der Waals surface area contributed by atoms with Crippen LogP contribution in [-0.4, -0.2) is 22.6 Å². The van der Waals surface area contributed by atoms with Gasteiger partial charge in [0.1, 0.15) is 0 Å². The average molecular weight is 307 g/mol. The molecule has 2 aromatic rings. The van der Waals surface area contributed by atoms with Gasteiger partial charge in [-0.05, 0) is 31.2 Å². The smallest absolute Gasteiger partial charge is 0.248 e. The second-order valence-electron chi connectivity index (χ2n) is 4.03. The molecule has 0 saturated carbocycles. The first kappa shape index (κ1) is 14.5. The summed E-state index contributed by atoms with van der Waals surface area (Å²) in [6.07, 6.45) is 0. The lowest BCUT2D eigenvalue weighted by molar-refractivity contribution is -0.113. The Bertz CT molecular complexity index is 623. The van der Waals surface area contributed by atoms with E-state index in [9.17, 15) is 9.59 Å². The van der Waals surface area contributed by atoms with E-state index in [2.05, 4.69) is 10.3 Å². The van der Waals surface area contributed by atoms with E-state index < -0.39 is 5.91 Å². The molecular weight excluding hydrogens is 294 g/mol. The van der Waals surface area contributed by atoms with Crippen molar-refractivity contribution in [3.8, 4) is 0 Å². The molecule has 0 spiro atoms. The van der Waals surface area contributed by atoms with Gasteiger partial charge in [-0.2, -0.15) is 0 Å². The summed E-state index contributed by atoms with van der Waals surface area (Å²) < 4.78 is 0.877. The van der Waals surface area contributed by atoms with Gasteiger partial charge in [0.15, 0.2) is 4.34 Å².